The molecule has 1 aromatic heterocycles. The van der Waals surface area contributed by atoms with Crippen LogP contribution in [0.25, 0.3) is 0 Å². The van der Waals surface area contributed by atoms with Gasteiger partial charge in [-0.3, -0.25) is 9.59 Å². The number of thiophene rings is 1. The second-order valence-corrected chi connectivity index (χ2v) is 9.00. The van der Waals surface area contributed by atoms with Crippen LogP contribution in [0.3, 0.4) is 0 Å². The Balaban J connectivity index is 1.77. The highest BCUT2D eigenvalue weighted by atomic mass is 32.2. The van der Waals surface area contributed by atoms with Gasteiger partial charge in [0.2, 0.25) is 5.91 Å². The van der Waals surface area contributed by atoms with Crippen LogP contribution in [-0.2, 0) is 27.5 Å². The van der Waals surface area contributed by atoms with E-state index in [-0.39, 0.29) is 4.90 Å². The molecule has 0 bridgehead atoms. The fraction of sp³-hybridized carbons (Fsp3) is 0.294. The van der Waals surface area contributed by atoms with Gasteiger partial charge < -0.3 is 15.8 Å². The number of carbonyl (C=O) groups is 2. The average Bonchev–Trinajstić information content (AvgIpc) is 3.14. The van der Waals surface area contributed by atoms with Crippen molar-refractivity contribution in [1.29, 1.82) is 0 Å². The van der Waals surface area contributed by atoms with Gasteiger partial charge >= 0.3 is 0 Å². The zero-order chi connectivity index (χ0) is 18.9. The first kappa shape index (κ1) is 18.4. The smallest absolute Gasteiger partial charge is 0.251 e. The van der Waals surface area contributed by atoms with Gasteiger partial charge in [-0.1, -0.05) is 0 Å². The maximum absolute atomic E-state index is 12.4. The topological polar surface area (TPSA) is 116 Å². The molecule has 1 aromatic carbocycles. The van der Waals surface area contributed by atoms with E-state index < -0.39 is 27.4 Å². The molecule has 1 heterocycles. The highest BCUT2D eigenvalue weighted by Crippen LogP contribution is 2.38. The molecule has 9 heteroatoms. The number of rotatable bonds is 6. The first-order valence-corrected chi connectivity index (χ1v) is 10.4. The third-order valence-electron chi connectivity index (χ3n) is 4.16. The van der Waals surface area contributed by atoms with Gasteiger partial charge in [-0.15, -0.1) is 11.3 Å². The molecule has 0 saturated heterocycles. The molecule has 0 saturated carbocycles. The minimum atomic E-state index is -3.81. The van der Waals surface area contributed by atoms with E-state index in [0.29, 0.717) is 16.3 Å². The van der Waals surface area contributed by atoms with Crippen molar-refractivity contribution in [2.45, 2.75) is 24.2 Å². The van der Waals surface area contributed by atoms with E-state index in [1.807, 2.05) is 0 Å². The van der Waals surface area contributed by atoms with E-state index in [0.717, 1.165) is 29.7 Å². The van der Waals surface area contributed by atoms with E-state index in [2.05, 4.69) is 5.32 Å². The van der Waals surface area contributed by atoms with Crippen molar-refractivity contribution in [2.75, 3.05) is 18.2 Å². The SMILES string of the molecule is COc1ccc(S(=O)(=O)CC(=O)Nc2sc3c(c2C(N)=O)CCC3)cc1. The molecule has 7 nitrogen and oxygen atoms in total. The van der Waals surface area contributed by atoms with Crippen molar-refractivity contribution in [1.82, 2.24) is 0 Å². The van der Waals surface area contributed by atoms with E-state index in [1.165, 1.54) is 42.7 Å². The van der Waals surface area contributed by atoms with Crippen molar-refractivity contribution < 1.29 is 22.7 Å². The van der Waals surface area contributed by atoms with Crippen molar-refractivity contribution in [3.8, 4) is 5.75 Å². The zero-order valence-electron chi connectivity index (χ0n) is 14.1. The summed E-state index contributed by atoms with van der Waals surface area (Å²) < 4.78 is 29.8. The maximum atomic E-state index is 12.4. The van der Waals surface area contributed by atoms with Crippen LogP contribution in [0.5, 0.6) is 5.75 Å². The lowest BCUT2D eigenvalue weighted by atomic mass is 10.1. The third-order valence-corrected chi connectivity index (χ3v) is 7.00. The number of nitrogens with two attached hydrogens (primary N) is 1. The third kappa shape index (κ3) is 3.58. The second kappa shape index (κ2) is 7.08. The number of ether oxygens (including phenoxy) is 1. The molecule has 1 aliphatic carbocycles. The van der Waals surface area contributed by atoms with Crippen LogP contribution in [0.2, 0.25) is 0 Å². The predicted octanol–water partition coefficient (Wildman–Crippen LogP) is 1.76. The van der Waals surface area contributed by atoms with E-state index >= 15 is 0 Å². The molecule has 0 radical (unpaired) electrons. The molecule has 2 aromatic rings. The Kier molecular flexibility index (Phi) is 5.01. The molecule has 1 aliphatic rings. The Labute approximate surface area is 155 Å². The number of amides is 2. The Morgan fingerprint density at radius 3 is 2.54 bits per heavy atom. The summed E-state index contributed by atoms with van der Waals surface area (Å²) in [5.74, 6) is -1.52. The highest BCUT2D eigenvalue weighted by molar-refractivity contribution is 7.92. The van der Waals surface area contributed by atoms with Crippen LogP contribution >= 0.6 is 11.3 Å². The normalized spacial score (nSPS) is 13.3. The lowest BCUT2D eigenvalue weighted by molar-refractivity contribution is -0.113. The number of methoxy groups -OCH3 is 1. The fourth-order valence-corrected chi connectivity index (χ4v) is 5.40. The Hall–Kier alpha value is -2.39. The fourth-order valence-electron chi connectivity index (χ4n) is 2.95. The summed E-state index contributed by atoms with van der Waals surface area (Å²) in [5, 5.41) is 2.88. The van der Waals surface area contributed by atoms with Crippen LogP contribution in [0.4, 0.5) is 5.00 Å². The van der Waals surface area contributed by atoms with Crippen LogP contribution in [0.1, 0.15) is 27.2 Å². The minimum Gasteiger partial charge on any atom is -0.497 e. The van der Waals surface area contributed by atoms with Crippen molar-refractivity contribution in [3.63, 3.8) is 0 Å². The number of sulfone groups is 1. The first-order valence-electron chi connectivity index (χ1n) is 7.93. The minimum absolute atomic E-state index is 0.0252. The summed E-state index contributed by atoms with van der Waals surface area (Å²) in [6.07, 6.45) is 2.52. The summed E-state index contributed by atoms with van der Waals surface area (Å²) in [6, 6.07) is 5.80. The van der Waals surface area contributed by atoms with Crippen LogP contribution in [-0.4, -0.2) is 33.1 Å². The van der Waals surface area contributed by atoms with E-state index in [9.17, 15) is 18.0 Å². The first-order chi connectivity index (χ1) is 12.3. The monoisotopic (exact) mass is 394 g/mol. The number of carbonyl (C=O) groups excluding carboxylic acids is 2. The summed E-state index contributed by atoms with van der Waals surface area (Å²) in [6.45, 7) is 0. The van der Waals surface area contributed by atoms with Crippen LogP contribution in [0.15, 0.2) is 29.2 Å². The standard InChI is InChI=1S/C17H18N2O5S2/c1-24-10-5-7-11(8-6-10)26(22,23)9-14(20)19-17-15(16(18)21)12-3-2-4-13(12)25-17/h5-8H,2-4,9H2,1H3,(H2,18,21)(H,19,20). The summed E-state index contributed by atoms with van der Waals surface area (Å²) in [7, 11) is -2.33. The quantitative estimate of drug-likeness (QED) is 0.774. The Morgan fingerprint density at radius 2 is 1.92 bits per heavy atom. The highest BCUT2D eigenvalue weighted by Gasteiger charge is 2.27. The van der Waals surface area contributed by atoms with Gasteiger partial charge in [0.05, 0.1) is 17.6 Å². The number of hydrogen-bond donors (Lipinski definition) is 2. The molecular weight excluding hydrogens is 376 g/mol. The summed E-state index contributed by atoms with van der Waals surface area (Å²) >= 11 is 1.29. The van der Waals surface area contributed by atoms with Crippen LogP contribution in [0, 0.1) is 0 Å². The molecule has 0 aliphatic heterocycles. The van der Waals surface area contributed by atoms with Crippen molar-refractivity contribution in [2.24, 2.45) is 5.73 Å². The van der Waals surface area contributed by atoms with Gasteiger partial charge in [0.15, 0.2) is 9.84 Å². The molecule has 2 amide bonds. The molecule has 3 N–H and O–H groups in total. The van der Waals surface area contributed by atoms with E-state index in [1.54, 1.807) is 0 Å². The molecule has 0 atom stereocenters. The number of primary amides is 1. The molecule has 0 spiro atoms. The van der Waals surface area contributed by atoms with E-state index in [4.69, 9.17) is 10.5 Å². The summed E-state index contributed by atoms with van der Waals surface area (Å²) in [5.41, 5.74) is 6.61. The molecule has 26 heavy (non-hydrogen) atoms. The Bertz CT molecular complexity index is 962. The Morgan fingerprint density at radius 1 is 1.23 bits per heavy atom. The maximum Gasteiger partial charge on any atom is 0.251 e. The lowest BCUT2D eigenvalue weighted by Gasteiger charge is -2.08. The molecule has 3 rings (SSSR count). The number of aryl methyl sites for hydroxylation is 1. The van der Waals surface area contributed by atoms with Gasteiger partial charge in [-0.05, 0) is 49.1 Å². The van der Waals surface area contributed by atoms with Gasteiger partial charge in [0.1, 0.15) is 16.5 Å². The molecule has 138 valence electrons. The number of fused-ring (bicyclic) bond motifs is 1. The average molecular weight is 394 g/mol. The van der Waals surface area contributed by atoms with Crippen molar-refractivity contribution in [3.05, 3.63) is 40.3 Å². The summed E-state index contributed by atoms with van der Waals surface area (Å²) in [4.78, 5) is 25.1. The van der Waals surface area contributed by atoms with Crippen LogP contribution < -0.4 is 15.8 Å². The second-order valence-electron chi connectivity index (χ2n) is 5.91. The van der Waals surface area contributed by atoms with Gasteiger partial charge in [0, 0.05) is 4.88 Å². The molecule has 0 fully saturated rings. The molecule has 0 unspecified atom stereocenters. The van der Waals surface area contributed by atoms with Gasteiger partial charge in [-0.2, -0.15) is 0 Å². The number of hydrogen-bond acceptors (Lipinski definition) is 6. The van der Waals surface area contributed by atoms with Crippen molar-refractivity contribution >= 4 is 38.0 Å². The predicted molar refractivity (Wildman–Crippen MR) is 98.5 cm³/mol. The number of benzene rings is 1. The van der Waals surface area contributed by atoms with Gasteiger partial charge in [0.25, 0.3) is 5.91 Å². The van der Waals surface area contributed by atoms with Gasteiger partial charge in [-0.25, -0.2) is 8.42 Å². The molecular formula is C17H18N2O5S2. The largest absolute Gasteiger partial charge is 0.497 e. The number of anilines is 1. The number of nitrogens with one attached hydrogen (secondary N) is 1. The lowest BCUT2D eigenvalue weighted by Crippen LogP contribution is -2.24. The zero-order valence-corrected chi connectivity index (χ0v) is 15.7.